The molecule has 0 radical (unpaired) electrons. The predicted molar refractivity (Wildman–Crippen MR) is 97.0 cm³/mol. The number of thiophene rings is 1. The molecule has 23 heavy (non-hydrogen) atoms. The van der Waals surface area contributed by atoms with Gasteiger partial charge in [-0.2, -0.15) is 4.31 Å². The molecule has 2 aromatic rings. The van der Waals surface area contributed by atoms with Crippen LogP contribution in [-0.4, -0.2) is 25.8 Å². The van der Waals surface area contributed by atoms with Crippen molar-refractivity contribution in [2.75, 3.05) is 13.1 Å². The van der Waals surface area contributed by atoms with Crippen LogP contribution in [0.5, 0.6) is 0 Å². The van der Waals surface area contributed by atoms with Crippen LogP contribution in [0.4, 0.5) is 0 Å². The van der Waals surface area contributed by atoms with Gasteiger partial charge in [0.25, 0.3) is 0 Å². The van der Waals surface area contributed by atoms with E-state index >= 15 is 0 Å². The van der Waals surface area contributed by atoms with Crippen molar-refractivity contribution in [1.29, 1.82) is 0 Å². The number of sulfonamides is 1. The zero-order valence-corrected chi connectivity index (χ0v) is 14.8. The Labute approximate surface area is 142 Å². The topological polar surface area (TPSA) is 37.4 Å². The van der Waals surface area contributed by atoms with Crippen LogP contribution in [0, 0.1) is 6.92 Å². The molecule has 3 nitrogen and oxygen atoms in total. The predicted octanol–water partition coefficient (Wildman–Crippen LogP) is 4.24. The Kier molecular flexibility index (Phi) is 4.99. The second kappa shape index (κ2) is 6.99. The third-order valence-electron chi connectivity index (χ3n) is 4.27. The Bertz CT molecular complexity index is 754. The first-order chi connectivity index (χ1) is 11.0. The molecular weight excluding hydrogens is 326 g/mol. The highest BCUT2D eigenvalue weighted by Crippen LogP contribution is 2.32. The van der Waals surface area contributed by atoms with Gasteiger partial charge >= 0.3 is 0 Å². The van der Waals surface area contributed by atoms with E-state index in [4.69, 9.17) is 0 Å². The molecule has 0 amide bonds. The molecule has 0 aliphatic carbocycles. The van der Waals surface area contributed by atoms with Gasteiger partial charge in [0.05, 0.1) is 0 Å². The smallest absolute Gasteiger partial charge is 0.208 e. The van der Waals surface area contributed by atoms with Crippen molar-refractivity contribution >= 4 is 27.4 Å². The van der Waals surface area contributed by atoms with E-state index in [0.29, 0.717) is 19.0 Å². The summed E-state index contributed by atoms with van der Waals surface area (Å²) in [6, 6.07) is 12.1. The molecule has 122 valence electrons. The summed E-state index contributed by atoms with van der Waals surface area (Å²) >= 11 is 1.76. The number of piperidine rings is 1. The van der Waals surface area contributed by atoms with Crippen molar-refractivity contribution in [3.8, 4) is 0 Å². The maximum absolute atomic E-state index is 12.5. The number of hydrogen-bond donors (Lipinski definition) is 0. The number of benzene rings is 1. The van der Waals surface area contributed by atoms with Crippen LogP contribution < -0.4 is 0 Å². The minimum Gasteiger partial charge on any atom is -0.208 e. The number of nitrogens with zero attached hydrogens (tertiary/aromatic N) is 1. The van der Waals surface area contributed by atoms with Crippen molar-refractivity contribution < 1.29 is 8.42 Å². The quantitative estimate of drug-likeness (QED) is 0.830. The Hall–Kier alpha value is -1.43. The lowest BCUT2D eigenvalue weighted by Crippen LogP contribution is -2.36. The summed E-state index contributed by atoms with van der Waals surface area (Å²) in [5.41, 5.74) is 2.08. The first-order valence-corrected chi connectivity index (χ1v) is 10.2. The van der Waals surface area contributed by atoms with Gasteiger partial charge in [0, 0.05) is 23.4 Å². The molecule has 2 heterocycles. The van der Waals surface area contributed by atoms with E-state index in [1.165, 1.54) is 15.8 Å². The Morgan fingerprint density at radius 1 is 1.13 bits per heavy atom. The summed E-state index contributed by atoms with van der Waals surface area (Å²) in [6.07, 6.45) is 3.48. The van der Waals surface area contributed by atoms with Gasteiger partial charge in [-0.3, -0.25) is 0 Å². The van der Waals surface area contributed by atoms with Crippen LogP contribution >= 0.6 is 11.3 Å². The molecule has 1 aromatic carbocycles. The van der Waals surface area contributed by atoms with Gasteiger partial charge < -0.3 is 0 Å². The average molecular weight is 348 g/mol. The molecule has 0 N–H and O–H groups in total. The maximum Gasteiger partial charge on any atom is 0.236 e. The van der Waals surface area contributed by atoms with E-state index < -0.39 is 10.0 Å². The number of hydrogen-bond acceptors (Lipinski definition) is 3. The van der Waals surface area contributed by atoms with Crippen LogP contribution in [0.1, 0.15) is 34.8 Å². The first kappa shape index (κ1) is 16.4. The van der Waals surface area contributed by atoms with Crippen molar-refractivity contribution in [1.82, 2.24) is 4.31 Å². The van der Waals surface area contributed by atoms with Gasteiger partial charge in [0.1, 0.15) is 0 Å². The zero-order chi connectivity index (χ0) is 16.3. The minimum absolute atomic E-state index is 0.502. The highest BCUT2D eigenvalue weighted by molar-refractivity contribution is 7.92. The monoisotopic (exact) mass is 347 g/mol. The van der Waals surface area contributed by atoms with Crippen LogP contribution in [-0.2, 0) is 10.0 Å². The standard InChI is InChI=1S/C18H21NO2S2/c1-15-4-6-16(7-5-15)10-14-23(20,21)19-11-8-17(9-12-19)18-3-2-13-22-18/h2-7,10,13-14,17H,8-9,11-12H2,1H3/b14-10+. The number of aryl methyl sites for hydroxylation is 1. The van der Waals surface area contributed by atoms with Crippen molar-refractivity contribution in [3.05, 3.63) is 63.2 Å². The van der Waals surface area contributed by atoms with E-state index in [2.05, 4.69) is 17.5 Å². The molecule has 3 rings (SSSR count). The summed E-state index contributed by atoms with van der Waals surface area (Å²) in [6.45, 7) is 3.22. The highest BCUT2D eigenvalue weighted by atomic mass is 32.2. The lowest BCUT2D eigenvalue weighted by molar-refractivity contribution is 0.325. The molecule has 1 saturated heterocycles. The van der Waals surface area contributed by atoms with E-state index in [1.54, 1.807) is 21.7 Å². The van der Waals surface area contributed by atoms with Gasteiger partial charge in [0.15, 0.2) is 0 Å². The molecule has 0 bridgehead atoms. The molecule has 1 aliphatic rings. The first-order valence-electron chi connectivity index (χ1n) is 7.83. The van der Waals surface area contributed by atoms with Gasteiger partial charge in [-0.05, 0) is 48.8 Å². The summed E-state index contributed by atoms with van der Waals surface area (Å²) in [4.78, 5) is 1.37. The van der Waals surface area contributed by atoms with E-state index in [9.17, 15) is 8.42 Å². The van der Waals surface area contributed by atoms with Gasteiger partial charge in [-0.25, -0.2) is 8.42 Å². The normalized spacial score (nSPS) is 17.8. The molecule has 1 aromatic heterocycles. The average Bonchev–Trinajstić information content (AvgIpc) is 3.09. The molecule has 0 unspecified atom stereocenters. The van der Waals surface area contributed by atoms with Gasteiger partial charge in [-0.1, -0.05) is 35.9 Å². The van der Waals surface area contributed by atoms with E-state index in [0.717, 1.165) is 18.4 Å². The second-order valence-electron chi connectivity index (χ2n) is 5.95. The maximum atomic E-state index is 12.5. The Morgan fingerprint density at radius 2 is 1.83 bits per heavy atom. The number of rotatable bonds is 4. The Morgan fingerprint density at radius 3 is 2.43 bits per heavy atom. The van der Waals surface area contributed by atoms with Gasteiger partial charge in [-0.15, -0.1) is 11.3 Å². The fourth-order valence-corrected chi connectivity index (χ4v) is 4.97. The van der Waals surface area contributed by atoms with E-state index in [1.807, 2.05) is 31.2 Å². The minimum atomic E-state index is -3.33. The van der Waals surface area contributed by atoms with Crippen LogP contribution in [0.25, 0.3) is 6.08 Å². The highest BCUT2D eigenvalue weighted by Gasteiger charge is 2.27. The van der Waals surface area contributed by atoms with Gasteiger partial charge in [0.2, 0.25) is 10.0 Å². The Balaban J connectivity index is 1.63. The second-order valence-corrected chi connectivity index (χ2v) is 8.74. The van der Waals surface area contributed by atoms with Crippen molar-refractivity contribution in [3.63, 3.8) is 0 Å². The summed E-state index contributed by atoms with van der Waals surface area (Å²) in [5.74, 6) is 0.502. The lowest BCUT2D eigenvalue weighted by atomic mass is 9.97. The third-order valence-corrected chi connectivity index (χ3v) is 6.87. The molecule has 0 saturated carbocycles. The van der Waals surface area contributed by atoms with Crippen LogP contribution in [0.2, 0.25) is 0 Å². The summed E-state index contributed by atoms with van der Waals surface area (Å²) < 4.78 is 26.5. The third kappa shape index (κ3) is 4.10. The molecule has 5 heteroatoms. The molecule has 0 spiro atoms. The fraction of sp³-hybridized carbons (Fsp3) is 0.333. The molecule has 1 fully saturated rings. The fourth-order valence-electron chi connectivity index (χ4n) is 2.85. The van der Waals surface area contributed by atoms with Crippen LogP contribution in [0.3, 0.4) is 0 Å². The zero-order valence-electron chi connectivity index (χ0n) is 13.2. The molecule has 0 atom stereocenters. The summed E-state index contributed by atoms with van der Waals surface area (Å²) in [7, 11) is -3.33. The SMILES string of the molecule is Cc1ccc(/C=C/S(=O)(=O)N2CCC(c3cccs3)CC2)cc1. The largest absolute Gasteiger partial charge is 0.236 e. The van der Waals surface area contributed by atoms with E-state index in [-0.39, 0.29) is 0 Å². The lowest BCUT2D eigenvalue weighted by Gasteiger charge is -2.29. The van der Waals surface area contributed by atoms with Crippen molar-refractivity contribution in [2.45, 2.75) is 25.7 Å². The molecule has 1 aliphatic heterocycles. The summed E-state index contributed by atoms with van der Waals surface area (Å²) in [5, 5.41) is 3.42. The van der Waals surface area contributed by atoms with Crippen LogP contribution in [0.15, 0.2) is 47.2 Å². The van der Waals surface area contributed by atoms with Crippen molar-refractivity contribution in [2.24, 2.45) is 0 Å². The molecular formula is C18H21NO2S2.